The molecule has 0 bridgehead atoms. The Hall–Kier alpha value is -1.30. The van der Waals surface area contributed by atoms with E-state index in [1.54, 1.807) is 5.57 Å². The summed E-state index contributed by atoms with van der Waals surface area (Å²) in [5, 5.41) is 0. The first-order valence-corrected chi connectivity index (χ1v) is 5.40. The summed E-state index contributed by atoms with van der Waals surface area (Å²) in [4.78, 5) is 0. The molecule has 0 spiro atoms. The van der Waals surface area contributed by atoms with E-state index in [0.29, 0.717) is 0 Å². The fraction of sp³-hybridized carbons (Fsp3) is 0.286. The van der Waals surface area contributed by atoms with E-state index in [4.69, 9.17) is 0 Å². The number of hydrogen-bond donors (Lipinski definition) is 0. The number of rotatable bonds is 1. The molecule has 70 valence electrons. The van der Waals surface area contributed by atoms with Crippen molar-refractivity contribution in [3.8, 4) is 0 Å². The van der Waals surface area contributed by atoms with E-state index in [0.717, 1.165) is 5.92 Å². The van der Waals surface area contributed by atoms with Gasteiger partial charge < -0.3 is 0 Å². The van der Waals surface area contributed by atoms with Gasteiger partial charge in [-0.2, -0.15) is 0 Å². The van der Waals surface area contributed by atoms with Crippen molar-refractivity contribution in [1.29, 1.82) is 0 Å². The first-order valence-electron chi connectivity index (χ1n) is 5.40. The van der Waals surface area contributed by atoms with Crippen molar-refractivity contribution < 1.29 is 0 Å². The molecule has 1 aromatic carbocycles. The standard InChI is InChI=1S/C14H14/c1-2-10-7-12-9-11-5-3-4-6-13(11)14(12)8-10/h3-6,8-10H,2,7H2,1H3. The second-order valence-electron chi connectivity index (χ2n) is 4.21. The van der Waals surface area contributed by atoms with E-state index >= 15 is 0 Å². The second kappa shape index (κ2) is 2.84. The second-order valence-corrected chi connectivity index (χ2v) is 4.21. The highest BCUT2D eigenvalue weighted by Gasteiger charge is 2.25. The molecule has 0 heteroatoms. The Morgan fingerprint density at radius 3 is 3.00 bits per heavy atom. The third kappa shape index (κ3) is 1.00. The molecule has 0 heterocycles. The fourth-order valence-corrected chi connectivity index (χ4v) is 2.51. The van der Waals surface area contributed by atoms with Crippen molar-refractivity contribution in [2.24, 2.45) is 5.92 Å². The van der Waals surface area contributed by atoms with Crippen molar-refractivity contribution in [2.75, 3.05) is 0 Å². The molecule has 2 aliphatic rings. The van der Waals surface area contributed by atoms with Gasteiger partial charge in [-0.15, -0.1) is 0 Å². The topological polar surface area (TPSA) is 0 Å². The third-order valence-corrected chi connectivity index (χ3v) is 3.34. The molecule has 3 rings (SSSR count). The van der Waals surface area contributed by atoms with E-state index in [9.17, 15) is 0 Å². The molecular formula is C14H14. The van der Waals surface area contributed by atoms with Crippen LogP contribution in [0.2, 0.25) is 0 Å². The molecule has 0 fully saturated rings. The Morgan fingerprint density at radius 1 is 1.29 bits per heavy atom. The molecule has 0 aromatic heterocycles. The average Bonchev–Trinajstić information content (AvgIpc) is 2.73. The van der Waals surface area contributed by atoms with E-state index in [2.05, 4.69) is 43.3 Å². The zero-order chi connectivity index (χ0) is 9.54. The third-order valence-electron chi connectivity index (χ3n) is 3.34. The van der Waals surface area contributed by atoms with E-state index < -0.39 is 0 Å². The largest absolute Gasteiger partial charge is 0.0729 e. The Balaban J connectivity index is 2.11. The summed E-state index contributed by atoms with van der Waals surface area (Å²) >= 11 is 0. The van der Waals surface area contributed by atoms with Crippen LogP contribution in [0.4, 0.5) is 0 Å². The predicted molar refractivity (Wildman–Crippen MR) is 60.8 cm³/mol. The molecule has 0 nitrogen and oxygen atoms in total. The lowest BCUT2D eigenvalue weighted by Gasteiger charge is -2.00. The smallest absolute Gasteiger partial charge is 0.0112 e. The van der Waals surface area contributed by atoms with Gasteiger partial charge in [0, 0.05) is 0 Å². The minimum atomic E-state index is 0.782. The summed E-state index contributed by atoms with van der Waals surface area (Å²) in [5.41, 5.74) is 5.91. The lowest BCUT2D eigenvalue weighted by atomic mass is 10.0. The Morgan fingerprint density at radius 2 is 2.14 bits per heavy atom. The van der Waals surface area contributed by atoms with Gasteiger partial charge in [0.05, 0.1) is 0 Å². The highest BCUT2D eigenvalue weighted by molar-refractivity contribution is 5.96. The van der Waals surface area contributed by atoms with E-state index in [1.807, 2.05) is 0 Å². The monoisotopic (exact) mass is 182 g/mol. The van der Waals surface area contributed by atoms with Gasteiger partial charge in [-0.25, -0.2) is 0 Å². The molecule has 0 aliphatic heterocycles. The molecule has 0 radical (unpaired) electrons. The highest BCUT2D eigenvalue weighted by atomic mass is 14.3. The minimum absolute atomic E-state index is 0.782. The van der Waals surface area contributed by atoms with E-state index in [-0.39, 0.29) is 0 Å². The molecule has 1 unspecified atom stereocenters. The van der Waals surface area contributed by atoms with E-state index in [1.165, 1.54) is 29.5 Å². The lowest BCUT2D eigenvalue weighted by Crippen LogP contribution is -1.87. The van der Waals surface area contributed by atoms with Crippen molar-refractivity contribution in [3.63, 3.8) is 0 Å². The normalized spacial score (nSPS) is 22.8. The van der Waals surface area contributed by atoms with Crippen LogP contribution in [0.5, 0.6) is 0 Å². The first-order chi connectivity index (χ1) is 6.88. The molecule has 0 saturated carbocycles. The zero-order valence-corrected chi connectivity index (χ0v) is 8.46. The van der Waals surface area contributed by atoms with Gasteiger partial charge in [-0.3, -0.25) is 0 Å². The Kier molecular flexibility index (Phi) is 1.63. The average molecular weight is 182 g/mol. The predicted octanol–water partition coefficient (Wildman–Crippen LogP) is 3.90. The van der Waals surface area contributed by atoms with Crippen LogP contribution >= 0.6 is 0 Å². The zero-order valence-electron chi connectivity index (χ0n) is 8.46. The van der Waals surface area contributed by atoms with Crippen LogP contribution in [-0.2, 0) is 0 Å². The molecular weight excluding hydrogens is 168 g/mol. The number of fused-ring (bicyclic) bond motifs is 3. The highest BCUT2D eigenvalue weighted by Crippen LogP contribution is 2.44. The maximum atomic E-state index is 2.46. The number of benzene rings is 1. The summed E-state index contributed by atoms with van der Waals surface area (Å²) in [6.07, 6.45) is 7.33. The first kappa shape index (κ1) is 8.05. The van der Waals surface area contributed by atoms with Gasteiger partial charge in [-0.05, 0) is 41.0 Å². The Labute approximate surface area is 85.0 Å². The van der Waals surface area contributed by atoms with Gasteiger partial charge in [0.15, 0.2) is 0 Å². The molecule has 0 saturated heterocycles. The fourth-order valence-electron chi connectivity index (χ4n) is 2.51. The summed E-state index contributed by atoms with van der Waals surface area (Å²) in [7, 11) is 0. The minimum Gasteiger partial charge on any atom is -0.0729 e. The van der Waals surface area contributed by atoms with Crippen LogP contribution in [0.15, 0.2) is 35.9 Å². The van der Waals surface area contributed by atoms with Crippen molar-refractivity contribution in [2.45, 2.75) is 19.8 Å². The van der Waals surface area contributed by atoms with Crippen molar-refractivity contribution in [3.05, 3.63) is 47.0 Å². The van der Waals surface area contributed by atoms with Crippen LogP contribution in [0.25, 0.3) is 11.6 Å². The van der Waals surface area contributed by atoms with Crippen molar-refractivity contribution in [1.82, 2.24) is 0 Å². The lowest BCUT2D eigenvalue weighted by molar-refractivity contribution is 0.650. The number of hydrogen-bond acceptors (Lipinski definition) is 0. The molecule has 1 atom stereocenters. The molecule has 2 aliphatic carbocycles. The van der Waals surface area contributed by atoms with Crippen LogP contribution in [0, 0.1) is 5.92 Å². The summed E-state index contributed by atoms with van der Waals surface area (Å²) < 4.78 is 0. The maximum absolute atomic E-state index is 2.46. The molecule has 0 N–H and O–H groups in total. The summed E-state index contributed by atoms with van der Waals surface area (Å²) in [6.45, 7) is 2.27. The van der Waals surface area contributed by atoms with Crippen LogP contribution in [0.1, 0.15) is 30.9 Å². The van der Waals surface area contributed by atoms with Gasteiger partial charge in [0.1, 0.15) is 0 Å². The van der Waals surface area contributed by atoms with Crippen molar-refractivity contribution >= 4 is 11.6 Å². The SMILES string of the molecule is CCC1C=C2C(=Cc3ccccc32)C1. The van der Waals surface area contributed by atoms with Gasteiger partial charge in [-0.1, -0.05) is 43.3 Å². The number of allylic oxidation sites excluding steroid dienone is 3. The summed E-state index contributed by atoms with van der Waals surface area (Å²) in [5.74, 6) is 0.782. The Bertz CT molecular complexity index is 435. The quantitative estimate of drug-likeness (QED) is 0.618. The van der Waals surface area contributed by atoms with Gasteiger partial charge in [0.2, 0.25) is 0 Å². The van der Waals surface area contributed by atoms with Gasteiger partial charge in [0.25, 0.3) is 0 Å². The summed E-state index contributed by atoms with van der Waals surface area (Å²) in [6, 6.07) is 8.70. The van der Waals surface area contributed by atoms with Crippen LogP contribution in [0.3, 0.4) is 0 Å². The molecule has 0 amide bonds. The van der Waals surface area contributed by atoms with Crippen LogP contribution in [-0.4, -0.2) is 0 Å². The molecule has 14 heavy (non-hydrogen) atoms. The van der Waals surface area contributed by atoms with Crippen LogP contribution < -0.4 is 0 Å². The molecule has 1 aromatic rings. The maximum Gasteiger partial charge on any atom is -0.0112 e. The van der Waals surface area contributed by atoms with Gasteiger partial charge >= 0.3 is 0 Å².